The van der Waals surface area contributed by atoms with Crippen molar-refractivity contribution < 1.29 is 13.6 Å². The summed E-state index contributed by atoms with van der Waals surface area (Å²) < 4.78 is 33.0. The van der Waals surface area contributed by atoms with Gasteiger partial charge in [-0.1, -0.05) is 24.2 Å². The van der Waals surface area contributed by atoms with Crippen molar-refractivity contribution in [1.82, 2.24) is 24.2 Å². The fourth-order valence-electron chi connectivity index (χ4n) is 5.90. The van der Waals surface area contributed by atoms with Gasteiger partial charge in [0, 0.05) is 60.8 Å². The van der Waals surface area contributed by atoms with Gasteiger partial charge in [-0.15, -0.1) is 0 Å². The Balaban J connectivity index is 1.45. The third-order valence-electron chi connectivity index (χ3n) is 8.92. The molecule has 2 atom stereocenters. The molecule has 13 heteroatoms. The van der Waals surface area contributed by atoms with Gasteiger partial charge in [0.15, 0.2) is 5.82 Å². The van der Waals surface area contributed by atoms with Crippen LogP contribution in [0.5, 0.6) is 0 Å². The molecule has 2 saturated heterocycles. The van der Waals surface area contributed by atoms with E-state index >= 15 is 4.39 Å². The molecule has 2 aromatic carbocycles. The normalized spacial score (nSPS) is 20.8. The number of hydrazone groups is 1. The highest BCUT2D eigenvalue weighted by molar-refractivity contribution is 7.77. The molecule has 0 N–H and O–H groups in total. The number of anilines is 2. The van der Waals surface area contributed by atoms with Crippen LogP contribution in [0.2, 0.25) is 5.02 Å². The average molecular weight is 655 g/mol. The first-order chi connectivity index (χ1) is 21.5. The molecular weight excluding hydrogens is 618 g/mol. The highest BCUT2D eigenvalue weighted by Gasteiger charge is 2.36. The summed E-state index contributed by atoms with van der Waals surface area (Å²) in [7, 11) is 4.05. The smallest absolute Gasteiger partial charge is 0.246 e. The van der Waals surface area contributed by atoms with Gasteiger partial charge in [0.25, 0.3) is 0 Å². The Morgan fingerprint density at radius 1 is 1.09 bits per heavy atom. The predicted octanol–water partition coefficient (Wildman–Crippen LogP) is 5.23. The lowest BCUT2D eigenvalue weighted by molar-refractivity contribution is -0.128. The minimum absolute atomic E-state index is 0.121. The third-order valence-corrected chi connectivity index (χ3v) is 9.64. The largest absolute Gasteiger partial charge is 0.349 e. The van der Waals surface area contributed by atoms with Crippen LogP contribution in [-0.2, 0) is 4.79 Å². The molecule has 6 rings (SSSR count). The van der Waals surface area contributed by atoms with E-state index in [1.807, 2.05) is 32.8 Å². The van der Waals surface area contributed by atoms with Gasteiger partial charge < -0.3 is 19.6 Å². The molecule has 2 aliphatic heterocycles. The molecule has 1 saturated carbocycles. The highest BCUT2D eigenvalue weighted by Crippen LogP contribution is 2.40. The molecule has 1 aromatic heterocycles. The third kappa shape index (κ3) is 6.07. The van der Waals surface area contributed by atoms with Crippen molar-refractivity contribution in [3.63, 3.8) is 0 Å². The molecule has 1 amide bonds. The maximum Gasteiger partial charge on any atom is 0.246 e. The second kappa shape index (κ2) is 12.4. The van der Waals surface area contributed by atoms with Crippen LogP contribution in [0.15, 0.2) is 42.0 Å². The summed E-state index contributed by atoms with van der Waals surface area (Å²) in [5, 5.41) is 4.87. The molecule has 9 nitrogen and oxygen atoms in total. The zero-order valence-electron chi connectivity index (χ0n) is 25.8. The molecule has 0 bridgehead atoms. The number of carbonyl (C=O) groups excluding carboxylic acids is 1. The summed E-state index contributed by atoms with van der Waals surface area (Å²) in [6.07, 6.45) is 4.69. The SMILES string of the molecule is C=CC(=O)N1C[C@H](C)N(c2nc(N3CC(N(C)C)C3)nc3c(F)c(-c4ccc(F)c(/C=N\N(S)C5CC5)c4)c(Cl)cc23)C[C@H]1C. The maximum absolute atomic E-state index is 16.7. The lowest BCUT2D eigenvalue weighted by Crippen LogP contribution is -2.59. The van der Waals surface area contributed by atoms with E-state index in [2.05, 4.69) is 34.3 Å². The zero-order valence-corrected chi connectivity index (χ0v) is 27.4. The van der Waals surface area contributed by atoms with E-state index in [0.717, 1.165) is 12.8 Å². The second-order valence-corrected chi connectivity index (χ2v) is 13.2. The van der Waals surface area contributed by atoms with Crippen molar-refractivity contribution in [2.75, 3.05) is 50.1 Å². The van der Waals surface area contributed by atoms with Gasteiger partial charge in [-0.3, -0.25) is 4.79 Å². The fourth-order valence-corrected chi connectivity index (χ4v) is 6.49. The van der Waals surface area contributed by atoms with Crippen molar-refractivity contribution >= 4 is 59.2 Å². The van der Waals surface area contributed by atoms with Gasteiger partial charge in [0.1, 0.15) is 17.2 Å². The van der Waals surface area contributed by atoms with Crippen molar-refractivity contribution in [2.45, 2.75) is 50.9 Å². The summed E-state index contributed by atoms with van der Waals surface area (Å²) in [6.45, 7) is 9.98. The Kier molecular flexibility index (Phi) is 8.66. The van der Waals surface area contributed by atoms with Gasteiger partial charge in [-0.25, -0.2) is 18.2 Å². The first-order valence-electron chi connectivity index (χ1n) is 15.1. The van der Waals surface area contributed by atoms with E-state index in [4.69, 9.17) is 21.6 Å². The average Bonchev–Trinajstić information content (AvgIpc) is 3.83. The maximum atomic E-state index is 16.7. The number of hydrogen-bond donors (Lipinski definition) is 1. The summed E-state index contributed by atoms with van der Waals surface area (Å²) in [6, 6.07) is 6.32. The number of fused-ring (bicyclic) bond motifs is 1. The number of piperazine rings is 1. The van der Waals surface area contributed by atoms with Crippen LogP contribution in [-0.4, -0.2) is 101 Å². The van der Waals surface area contributed by atoms with Gasteiger partial charge in [0.05, 0.1) is 17.3 Å². The van der Waals surface area contributed by atoms with Gasteiger partial charge in [-0.2, -0.15) is 10.1 Å². The predicted molar refractivity (Wildman–Crippen MR) is 179 cm³/mol. The van der Waals surface area contributed by atoms with Crippen LogP contribution < -0.4 is 9.80 Å². The Bertz CT molecular complexity index is 1680. The quantitative estimate of drug-likeness (QED) is 0.154. The Morgan fingerprint density at radius 2 is 1.82 bits per heavy atom. The molecule has 3 heterocycles. The van der Waals surface area contributed by atoms with Crippen molar-refractivity contribution in [3.8, 4) is 11.1 Å². The number of likely N-dealkylation sites (N-methyl/N-ethyl adjacent to an activating group) is 1. The van der Waals surface area contributed by atoms with Crippen molar-refractivity contribution in [3.05, 3.63) is 59.1 Å². The molecule has 0 radical (unpaired) electrons. The first kappa shape index (κ1) is 31.5. The van der Waals surface area contributed by atoms with Crippen LogP contribution in [0.1, 0.15) is 32.3 Å². The highest BCUT2D eigenvalue weighted by atomic mass is 35.5. The van der Waals surface area contributed by atoms with Gasteiger partial charge in [0.2, 0.25) is 11.9 Å². The zero-order chi connectivity index (χ0) is 32.2. The Hall–Kier alpha value is -3.48. The lowest BCUT2D eigenvalue weighted by Gasteiger charge is -2.45. The van der Waals surface area contributed by atoms with Gasteiger partial charge in [-0.05, 0) is 83.4 Å². The first-order valence-corrected chi connectivity index (χ1v) is 15.9. The summed E-state index contributed by atoms with van der Waals surface area (Å²) in [5.74, 6) is -0.254. The van der Waals surface area contributed by atoms with Crippen LogP contribution >= 0.6 is 24.4 Å². The Morgan fingerprint density at radius 3 is 2.49 bits per heavy atom. The molecule has 0 unspecified atom stereocenters. The molecular formula is C32H37ClF2N8OS. The molecule has 45 heavy (non-hydrogen) atoms. The number of nitrogens with zero attached hydrogens (tertiary/aromatic N) is 8. The van der Waals surface area contributed by atoms with Gasteiger partial charge >= 0.3 is 0 Å². The summed E-state index contributed by atoms with van der Waals surface area (Å²) in [4.78, 5) is 30.3. The molecule has 3 aliphatic rings. The number of thiol groups is 1. The number of aromatic nitrogens is 2. The summed E-state index contributed by atoms with van der Waals surface area (Å²) in [5.41, 5.74) is 0.840. The molecule has 0 spiro atoms. The van der Waals surface area contributed by atoms with E-state index in [1.165, 1.54) is 34.9 Å². The second-order valence-electron chi connectivity index (χ2n) is 12.4. The van der Waals surface area contributed by atoms with Crippen molar-refractivity contribution in [1.29, 1.82) is 0 Å². The Labute approximate surface area is 272 Å². The minimum Gasteiger partial charge on any atom is -0.349 e. The molecule has 3 fully saturated rings. The van der Waals surface area contributed by atoms with E-state index in [0.29, 0.717) is 54.9 Å². The van der Waals surface area contributed by atoms with Crippen LogP contribution in [0.3, 0.4) is 0 Å². The minimum atomic E-state index is -0.614. The molecule has 1 aliphatic carbocycles. The number of carbonyl (C=O) groups is 1. The standard InChI is InChI=1S/C32H37ClF2N8OS/c1-6-27(44)41-14-19(3)42(15-18(41)2)31-24-12-25(33)28(20-7-10-26(34)21(11-20)13-36-43(45)22-8-9-22)29(35)30(24)37-32(38-31)40-16-23(17-40)39(4)5/h6-7,10-13,18-19,22-23,45H,1,8-9,14-17H2,2-5H3/b36-13-/t18-,19+/m1/s1. The fraction of sp³-hybridized carbons (Fsp3) is 0.438. The molecule has 3 aromatic rings. The topological polar surface area (TPSA) is 71.4 Å². The van der Waals surface area contributed by atoms with E-state index in [-0.39, 0.29) is 45.7 Å². The molecule has 238 valence electrons. The number of benzene rings is 2. The van der Waals surface area contributed by atoms with Crippen LogP contribution in [0, 0.1) is 11.6 Å². The number of rotatable bonds is 8. The number of hydrogen-bond acceptors (Lipinski definition) is 9. The van der Waals surface area contributed by atoms with E-state index in [9.17, 15) is 9.18 Å². The number of halogens is 3. The lowest BCUT2D eigenvalue weighted by atomic mass is 9.99. The summed E-state index contributed by atoms with van der Waals surface area (Å²) >= 11 is 11.2. The number of amides is 1. The van der Waals surface area contributed by atoms with Crippen LogP contribution in [0.25, 0.3) is 22.0 Å². The van der Waals surface area contributed by atoms with Crippen LogP contribution in [0.4, 0.5) is 20.5 Å². The monoisotopic (exact) mass is 654 g/mol. The van der Waals surface area contributed by atoms with Crippen molar-refractivity contribution in [2.24, 2.45) is 5.10 Å². The van der Waals surface area contributed by atoms with E-state index < -0.39 is 11.6 Å². The van der Waals surface area contributed by atoms with E-state index in [1.54, 1.807) is 11.0 Å².